The van der Waals surface area contributed by atoms with E-state index in [9.17, 15) is 4.79 Å². The number of nitrogens with zero attached hydrogens (tertiary/aromatic N) is 2. The van der Waals surface area contributed by atoms with E-state index >= 15 is 0 Å². The van der Waals surface area contributed by atoms with Crippen LogP contribution in [0.4, 0.5) is 0 Å². The second-order valence-electron chi connectivity index (χ2n) is 5.31. The zero-order valence-electron chi connectivity index (χ0n) is 13.2. The van der Waals surface area contributed by atoms with E-state index in [0.29, 0.717) is 18.1 Å². The highest BCUT2D eigenvalue weighted by Crippen LogP contribution is 2.25. The predicted octanol–water partition coefficient (Wildman–Crippen LogP) is 3.50. The fourth-order valence-electron chi connectivity index (χ4n) is 2.55. The molecule has 2 aromatic carbocycles. The SMILES string of the molecule is COc1ccccc1C=C1N=C(C)N(Cc2ccccc2)C1=O. The van der Waals surface area contributed by atoms with Crippen molar-refractivity contribution in [3.8, 4) is 5.75 Å². The summed E-state index contributed by atoms with van der Waals surface area (Å²) in [6.07, 6.45) is 1.77. The van der Waals surface area contributed by atoms with Crippen LogP contribution in [0.3, 0.4) is 0 Å². The van der Waals surface area contributed by atoms with Gasteiger partial charge in [-0.3, -0.25) is 9.69 Å². The Morgan fingerprint density at radius 3 is 2.52 bits per heavy atom. The lowest BCUT2D eigenvalue weighted by Crippen LogP contribution is -2.29. The van der Waals surface area contributed by atoms with Crippen LogP contribution in [0.15, 0.2) is 65.3 Å². The summed E-state index contributed by atoms with van der Waals surface area (Å²) in [5.74, 6) is 1.35. The van der Waals surface area contributed by atoms with Gasteiger partial charge in [0.25, 0.3) is 5.91 Å². The van der Waals surface area contributed by atoms with E-state index in [1.165, 1.54) is 0 Å². The predicted molar refractivity (Wildman–Crippen MR) is 91.1 cm³/mol. The minimum absolute atomic E-state index is 0.0859. The van der Waals surface area contributed by atoms with E-state index in [4.69, 9.17) is 4.74 Å². The first-order valence-corrected chi connectivity index (χ1v) is 7.45. The Morgan fingerprint density at radius 2 is 1.78 bits per heavy atom. The maximum absolute atomic E-state index is 12.6. The van der Waals surface area contributed by atoms with Gasteiger partial charge in [-0.1, -0.05) is 48.5 Å². The Morgan fingerprint density at radius 1 is 1.09 bits per heavy atom. The number of hydrogen-bond acceptors (Lipinski definition) is 3. The first-order valence-electron chi connectivity index (χ1n) is 7.45. The van der Waals surface area contributed by atoms with Crippen molar-refractivity contribution < 1.29 is 9.53 Å². The first-order chi connectivity index (χ1) is 11.2. The summed E-state index contributed by atoms with van der Waals surface area (Å²) in [7, 11) is 1.62. The fourth-order valence-corrected chi connectivity index (χ4v) is 2.55. The molecule has 0 fully saturated rings. The lowest BCUT2D eigenvalue weighted by Gasteiger charge is -2.15. The van der Waals surface area contributed by atoms with Crippen LogP contribution in [0.1, 0.15) is 18.1 Å². The summed E-state index contributed by atoms with van der Waals surface area (Å²) < 4.78 is 5.32. The number of para-hydroxylation sites is 1. The molecule has 1 heterocycles. The molecule has 0 spiro atoms. The highest BCUT2D eigenvalue weighted by atomic mass is 16.5. The van der Waals surface area contributed by atoms with Crippen LogP contribution in [0.2, 0.25) is 0 Å². The molecule has 4 nitrogen and oxygen atoms in total. The summed E-state index contributed by atoms with van der Waals surface area (Å²) in [4.78, 5) is 18.7. The molecule has 2 aromatic rings. The van der Waals surface area contributed by atoms with Gasteiger partial charge in [-0.15, -0.1) is 0 Å². The number of benzene rings is 2. The second-order valence-corrected chi connectivity index (χ2v) is 5.31. The summed E-state index contributed by atoms with van der Waals surface area (Å²) in [5.41, 5.74) is 2.35. The van der Waals surface area contributed by atoms with Crippen molar-refractivity contribution in [3.05, 3.63) is 71.4 Å². The van der Waals surface area contributed by atoms with Gasteiger partial charge in [0, 0.05) is 5.56 Å². The molecule has 0 aromatic heterocycles. The minimum atomic E-state index is -0.0859. The highest BCUT2D eigenvalue weighted by molar-refractivity contribution is 6.13. The Kier molecular flexibility index (Phi) is 4.24. The third kappa shape index (κ3) is 3.16. The summed E-state index contributed by atoms with van der Waals surface area (Å²) in [5, 5.41) is 0. The van der Waals surface area contributed by atoms with Crippen molar-refractivity contribution in [2.24, 2.45) is 4.99 Å². The normalized spacial score (nSPS) is 15.9. The average molecular weight is 306 g/mol. The van der Waals surface area contributed by atoms with E-state index in [1.807, 2.05) is 61.5 Å². The fraction of sp³-hybridized carbons (Fsp3) is 0.158. The Labute approximate surface area is 135 Å². The number of methoxy groups -OCH3 is 1. The molecule has 0 unspecified atom stereocenters. The van der Waals surface area contributed by atoms with Crippen molar-refractivity contribution in [1.29, 1.82) is 0 Å². The molecule has 1 aliphatic rings. The molecule has 0 radical (unpaired) electrons. The zero-order chi connectivity index (χ0) is 16.2. The van der Waals surface area contributed by atoms with Crippen LogP contribution in [-0.4, -0.2) is 23.8 Å². The Balaban J connectivity index is 1.86. The Bertz CT molecular complexity index is 779. The maximum atomic E-state index is 12.6. The van der Waals surface area contributed by atoms with Gasteiger partial charge in [0.05, 0.1) is 13.7 Å². The third-order valence-electron chi connectivity index (χ3n) is 3.75. The standard InChI is InChI=1S/C19H18N2O2/c1-14-20-17(12-16-10-6-7-11-18(16)23-2)19(22)21(14)13-15-8-4-3-5-9-15/h3-12H,13H2,1-2H3. The second kappa shape index (κ2) is 6.48. The average Bonchev–Trinajstić information content (AvgIpc) is 2.84. The van der Waals surface area contributed by atoms with Gasteiger partial charge >= 0.3 is 0 Å². The zero-order valence-corrected chi connectivity index (χ0v) is 13.2. The molecule has 0 aliphatic carbocycles. The van der Waals surface area contributed by atoms with Crippen LogP contribution in [0, 0.1) is 0 Å². The van der Waals surface area contributed by atoms with Gasteiger partial charge < -0.3 is 4.74 Å². The van der Waals surface area contributed by atoms with E-state index in [-0.39, 0.29) is 5.91 Å². The number of hydrogen-bond donors (Lipinski definition) is 0. The van der Waals surface area contributed by atoms with E-state index in [0.717, 1.165) is 16.9 Å². The molecule has 0 N–H and O–H groups in total. The van der Waals surface area contributed by atoms with E-state index < -0.39 is 0 Å². The van der Waals surface area contributed by atoms with Crippen LogP contribution in [0.5, 0.6) is 5.75 Å². The lowest BCUT2D eigenvalue weighted by atomic mass is 10.1. The number of aliphatic imine (C=N–C) groups is 1. The number of carbonyl (C=O) groups excluding carboxylic acids is 1. The molecule has 3 rings (SSSR count). The molecule has 1 aliphatic heterocycles. The molecule has 23 heavy (non-hydrogen) atoms. The molecule has 0 bridgehead atoms. The Hall–Kier alpha value is -2.88. The summed E-state index contributed by atoms with van der Waals surface area (Å²) in [6.45, 7) is 2.38. The van der Waals surface area contributed by atoms with Gasteiger partial charge in [-0.2, -0.15) is 0 Å². The van der Waals surface area contributed by atoms with Crippen LogP contribution >= 0.6 is 0 Å². The van der Waals surface area contributed by atoms with Gasteiger partial charge in [0.15, 0.2) is 0 Å². The number of rotatable bonds is 4. The lowest BCUT2D eigenvalue weighted by molar-refractivity contribution is -0.123. The first kappa shape index (κ1) is 15.0. The van der Waals surface area contributed by atoms with Crippen molar-refractivity contribution in [2.45, 2.75) is 13.5 Å². The van der Waals surface area contributed by atoms with E-state index in [1.54, 1.807) is 18.1 Å². The van der Waals surface area contributed by atoms with Crippen molar-refractivity contribution in [1.82, 2.24) is 4.90 Å². The third-order valence-corrected chi connectivity index (χ3v) is 3.75. The van der Waals surface area contributed by atoms with E-state index in [2.05, 4.69) is 4.99 Å². The summed E-state index contributed by atoms with van der Waals surface area (Å²) >= 11 is 0. The van der Waals surface area contributed by atoms with Gasteiger partial charge in [-0.05, 0) is 24.6 Å². The van der Waals surface area contributed by atoms with Crippen LogP contribution < -0.4 is 4.74 Å². The van der Waals surface area contributed by atoms with Gasteiger partial charge in [0.2, 0.25) is 0 Å². The minimum Gasteiger partial charge on any atom is -0.496 e. The smallest absolute Gasteiger partial charge is 0.278 e. The monoisotopic (exact) mass is 306 g/mol. The molecule has 4 heteroatoms. The molecular formula is C19H18N2O2. The summed E-state index contributed by atoms with van der Waals surface area (Å²) in [6, 6.07) is 17.5. The molecule has 1 amide bonds. The highest BCUT2D eigenvalue weighted by Gasteiger charge is 2.27. The topological polar surface area (TPSA) is 41.9 Å². The largest absolute Gasteiger partial charge is 0.496 e. The van der Waals surface area contributed by atoms with Crippen molar-refractivity contribution >= 4 is 17.8 Å². The maximum Gasteiger partial charge on any atom is 0.278 e. The van der Waals surface area contributed by atoms with Crippen molar-refractivity contribution in [3.63, 3.8) is 0 Å². The molecule has 0 atom stereocenters. The van der Waals surface area contributed by atoms with Crippen LogP contribution in [-0.2, 0) is 11.3 Å². The number of ether oxygens (including phenoxy) is 1. The van der Waals surface area contributed by atoms with Crippen LogP contribution in [0.25, 0.3) is 6.08 Å². The quantitative estimate of drug-likeness (QED) is 0.811. The van der Waals surface area contributed by atoms with Crippen molar-refractivity contribution in [2.75, 3.05) is 7.11 Å². The number of amidine groups is 1. The van der Waals surface area contributed by atoms with Gasteiger partial charge in [0.1, 0.15) is 17.3 Å². The molecule has 116 valence electrons. The van der Waals surface area contributed by atoms with Gasteiger partial charge in [-0.25, -0.2) is 4.99 Å². The molecular weight excluding hydrogens is 288 g/mol. The number of carbonyl (C=O) groups is 1. The number of amides is 1. The molecule has 0 saturated heterocycles. The molecule has 0 saturated carbocycles.